The van der Waals surface area contributed by atoms with Crippen LogP contribution in [0.3, 0.4) is 0 Å². The van der Waals surface area contributed by atoms with Crippen molar-refractivity contribution in [2.75, 3.05) is 0 Å². The lowest BCUT2D eigenvalue weighted by atomic mass is 10.3. The summed E-state index contributed by atoms with van der Waals surface area (Å²) in [6, 6.07) is 3.32. The van der Waals surface area contributed by atoms with Crippen molar-refractivity contribution in [2.45, 2.75) is 0 Å². The van der Waals surface area contributed by atoms with E-state index >= 15 is 0 Å². The molecule has 76 valence electrons. The normalized spacial score (nSPS) is 12.1. The van der Waals surface area contributed by atoms with Crippen molar-refractivity contribution in [3.63, 3.8) is 0 Å². The van der Waals surface area contributed by atoms with Gasteiger partial charge in [0.25, 0.3) is 5.69 Å². The lowest BCUT2D eigenvalue weighted by molar-refractivity contribution is -0.384. The van der Waals surface area contributed by atoms with Crippen LogP contribution in [0.1, 0.15) is 0 Å². The fourth-order valence-corrected chi connectivity index (χ4v) is 1.21. The van der Waals surface area contributed by atoms with Crippen LogP contribution in [0.5, 0.6) is 5.75 Å². The average molecular weight is 237 g/mol. The van der Waals surface area contributed by atoms with Gasteiger partial charge in [-0.15, -0.1) is 0 Å². The molecule has 1 aromatic rings. The molecular weight excluding hydrogens is 234 g/mol. The van der Waals surface area contributed by atoms with Gasteiger partial charge in [-0.05, 0) is 12.1 Å². The van der Waals surface area contributed by atoms with Gasteiger partial charge >= 0.3 is 0 Å². The quantitative estimate of drug-likeness (QED) is 0.450. The fraction of sp³-hybridized carbons (Fsp3) is 0. The Morgan fingerprint density at radius 3 is 2.64 bits per heavy atom. The van der Waals surface area contributed by atoms with Gasteiger partial charge in [0, 0.05) is 0 Å². The first-order chi connectivity index (χ1) is 6.50. The maximum atomic E-state index is 10.4. The van der Waals surface area contributed by atoms with Gasteiger partial charge in [-0.25, -0.2) is 4.21 Å². The minimum Gasteiger partial charge on any atom is -0.740 e. The van der Waals surface area contributed by atoms with Crippen LogP contribution in [0.15, 0.2) is 18.2 Å². The molecule has 1 unspecified atom stereocenters. The Hall–Kier alpha value is -1.18. The number of rotatable bonds is 3. The molecule has 0 aliphatic rings. The number of benzene rings is 1. The molecular formula is C6H3ClNO5S-. The Balaban J connectivity index is 3.06. The Bertz CT molecular complexity index is 396. The van der Waals surface area contributed by atoms with Crippen LogP contribution in [0.25, 0.3) is 0 Å². The number of nitro groups is 1. The van der Waals surface area contributed by atoms with Gasteiger partial charge in [-0.1, -0.05) is 11.6 Å². The number of hydrogen-bond acceptors (Lipinski definition) is 5. The Morgan fingerprint density at radius 1 is 1.50 bits per heavy atom. The minimum atomic E-state index is -2.76. The molecule has 1 aromatic carbocycles. The molecule has 8 heteroatoms. The maximum absolute atomic E-state index is 10.4. The number of nitro benzene ring substituents is 1. The third kappa shape index (κ3) is 2.66. The Morgan fingerprint density at radius 2 is 2.14 bits per heavy atom. The number of hydrogen-bond donors (Lipinski definition) is 0. The number of nitrogens with zero attached hydrogens (tertiary/aromatic N) is 1. The summed E-state index contributed by atoms with van der Waals surface area (Å²) in [4.78, 5) is 9.64. The molecule has 14 heavy (non-hydrogen) atoms. The van der Waals surface area contributed by atoms with E-state index in [1.807, 2.05) is 0 Å². The molecule has 0 saturated heterocycles. The Labute approximate surface area is 86.1 Å². The summed E-state index contributed by atoms with van der Waals surface area (Å²) in [7, 11) is 0. The van der Waals surface area contributed by atoms with Crippen molar-refractivity contribution in [3.05, 3.63) is 33.3 Å². The monoisotopic (exact) mass is 236 g/mol. The first kappa shape index (κ1) is 10.9. The molecule has 0 aliphatic carbocycles. The molecule has 6 nitrogen and oxygen atoms in total. The van der Waals surface area contributed by atoms with Crippen LogP contribution in [0.2, 0.25) is 5.02 Å². The maximum Gasteiger partial charge on any atom is 0.291 e. The highest BCUT2D eigenvalue weighted by Crippen LogP contribution is 2.28. The molecule has 0 radical (unpaired) electrons. The summed E-state index contributed by atoms with van der Waals surface area (Å²) in [6.45, 7) is 0. The van der Waals surface area contributed by atoms with E-state index in [9.17, 15) is 18.9 Å². The smallest absolute Gasteiger partial charge is 0.291 e. The molecule has 0 amide bonds. The summed E-state index contributed by atoms with van der Waals surface area (Å²) < 4.78 is 24.4. The Kier molecular flexibility index (Phi) is 3.39. The van der Waals surface area contributed by atoms with Gasteiger partial charge in [0.2, 0.25) is 0 Å². The lowest BCUT2D eigenvalue weighted by Crippen LogP contribution is -1.98. The van der Waals surface area contributed by atoms with Crippen molar-refractivity contribution in [2.24, 2.45) is 0 Å². The van der Waals surface area contributed by atoms with Crippen LogP contribution >= 0.6 is 11.6 Å². The number of halogens is 1. The third-order valence-electron chi connectivity index (χ3n) is 1.28. The van der Waals surface area contributed by atoms with Gasteiger partial charge in [-0.3, -0.25) is 10.1 Å². The standard InChI is InChI=1S/C6H4ClNO5S/c7-5-2-1-4(13-14(11)12)3-6(5)8(9)10/h1-3H,(H,11,12)/p-1. The SMILES string of the molecule is O=[N+]([O-])c1cc(OS(=O)[O-])ccc1Cl. The molecule has 0 N–H and O–H groups in total. The van der Waals surface area contributed by atoms with Crippen LogP contribution in [-0.4, -0.2) is 13.7 Å². The zero-order chi connectivity index (χ0) is 10.7. The summed E-state index contributed by atoms with van der Waals surface area (Å²) in [5.41, 5.74) is -0.408. The molecule has 1 rings (SSSR count). The highest BCUT2D eigenvalue weighted by atomic mass is 35.5. The van der Waals surface area contributed by atoms with Crippen molar-refractivity contribution >= 4 is 28.6 Å². The van der Waals surface area contributed by atoms with Gasteiger partial charge in [0.15, 0.2) is 0 Å². The zero-order valence-corrected chi connectivity index (χ0v) is 8.08. The molecule has 1 atom stereocenters. The van der Waals surface area contributed by atoms with Gasteiger partial charge in [0.05, 0.1) is 11.0 Å². The van der Waals surface area contributed by atoms with Crippen molar-refractivity contribution in [1.29, 1.82) is 0 Å². The second kappa shape index (κ2) is 4.36. The average Bonchev–Trinajstić information content (AvgIpc) is 2.07. The molecule has 0 saturated carbocycles. The van der Waals surface area contributed by atoms with E-state index in [1.54, 1.807) is 0 Å². The van der Waals surface area contributed by atoms with Crippen molar-refractivity contribution < 1.29 is 17.9 Å². The summed E-state index contributed by atoms with van der Waals surface area (Å²) >= 11 is 2.72. The summed E-state index contributed by atoms with van der Waals surface area (Å²) in [6.07, 6.45) is 0. The molecule has 0 spiro atoms. The van der Waals surface area contributed by atoms with E-state index < -0.39 is 22.0 Å². The van der Waals surface area contributed by atoms with E-state index in [0.717, 1.165) is 6.07 Å². The largest absolute Gasteiger partial charge is 0.740 e. The second-order valence-corrected chi connectivity index (χ2v) is 3.14. The fourth-order valence-electron chi connectivity index (χ4n) is 0.763. The van der Waals surface area contributed by atoms with E-state index in [1.165, 1.54) is 12.1 Å². The predicted octanol–water partition coefficient (Wildman–Crippen LogP) is 1.42. The molecule has 0 aliphatic heterocycles. The van der Waals surface area contributed by atoms with Crippen LogP contribution in [-0.2, 0) is 11.4 Å². The zero-order valence-electron chi connectivity index (χ0n) is 6.51. The minimum absolute atomic E-state index is 0.0842. The summed E-state index contributed by atoms with van der Waals surface area (Å²) in [5, 5.41) is 10.3. The van der Waals surface area contributed by atoms with E-state index in [4.69, 9.17) is 11.6 Å². The first-order valence-electron chi connectivity index (χ1n) is 3.22. The lowest BCUT2D eigenvalue weighted by Gasteiger charge is -2.06. The van der Waals surface area contributed by atoms with Gasteiger partial charge in [0.1, 0.15) is 22.1 Å². The topological polar surface area (TPSA) is 92.5 Å². The van der Waals surface area contributed by atoms with Gasteiger partial charge in [-0.2, -0.15) is 0 Å². The van der Waals surface area contributed by atoms with Crippen LogP contribution in [0.4, 0.5) is 5.69 Å². The highest BCUT2D eigenvalue weighted by molar-refractivity contribution is 7.74. The second-order valence-electron chi connectivity index (χ2n) is 2.16. The first-order valence-corrected chi connectivity index (χ1v) is 4.60. The molecule has 0 heterocycles. The van der Waals surface area contributed by atoms with Crippen molar-refractivity contribution in [3.8, 4) is 5.75 Å². The van der Waals surface area contributed by atoms with E-state index in [0.29, 0.717) is 0 Å². The van der Waals surface area contributed by atoms with Crippen LogP contribution < -0.4 is 4.18 Å². The van der Waals surface area contributed by atoms with Crippen molar-refractivity contribution in [1.82, 2.24) is 0 Å². The van der Waals surface area contributed by atoms with Gasteiger partial charge < -0.3 is 8.74 Å². The molecule has 0 aromatic heterocycles. The highest BCUT2D eigenvalue weighted by Gasteiger charge is 2.13. The predicted molar refractivity (Wildman–Crippen MR) is 47.7 cm³/mol. The van der Waals surface area contributed by atoms with E-state index in [-0.39, 0.29) is 10.8 Å². The van der Waals surface area contributed by atoms with Crippen LogP contribution in [0, 0.1) is 10.1 Å². The third-order valence-corrected chi connectivity index (χ3v) is 1.93. The summed E-state index contributed by atoms with van der Waals surface area (Å²) in [5.74, 6) is -0.158. The van der Waals surface area contributed by atoms with E-state index in [2.05, 4.69) is 4.18 Å². The molecule has 0 fully saturated rings. The molecule has 0 bridgehead atoms.